The van der Waals surface area contributed by atoms with E-state index < -0.39 is 0 Å². The van der Waals surface area contributed by atoms with Crippen LogP contribution in [0, 0.1) is 18.3 Å². The Balaban J connectivity index is 1.72. The molecule has 3 aromatic rings. The number of hydrogen-bond acceptors (Lipinski definition) is 5. The smallest absolute Gasteiger partial charge is 0.253 e. The molecular formula is C20H17N5O. The Morgan fingerprint density at radius 1 is 1.23 bits per heavy atom. The third-order valence-corrected chi connectivity index (χ3v) is 4.05. The molecule has 0 aliphatic rings. The van der Waals surface area contributed by atoms with Crippen molar-refractivity contribution in [2.45, 2.75) is 13.5 Å². The van der Waals surface area contributed by atoms with Crippen molar-refractivity contribution in [3.8, 4) is 17.3 Å². The van der Waals surface area contributed by atoms with Crippen molar-refractivity contribution in [2.24, 2.45) is 0 Å². The SMILES string of the molecule is Cc1ncccc1CNC(=O)c1ccc(-c2ccc(N)c(C#N)c2)nc1. The van der Waals surface area contributed by atoms with Gasteiger partial charge in [-0.3, -0.25) is 14.8 Å². The van der Waals surface area contributed by atoms with Crippen LogP contribution in [0.2, 0.25) is 0 Å². The van der Waals surface area contributed by atoms with E-state index in [1.165, 1.54) is 6.20 Å². The van der Waals surface area contributed by atoms with E-state index in [1.54, 1.807) is 36.5 Å². The second-order valence-electron chi connectivity index (χ2n) is 5.78. The molecule has 6 nitrogen and oxygen atoms in total. The van der Waals surface area contributed by atoms with Crippen molar-refractivity contribution in [2.75, 3.05) is 5.73 Å². The highest BCUT2D eigenvalue weighted by Gasteiger charge is 2.09. The van der Waals surface area contributed by atoms with E-state index in [9.17, 15) is 4.79 Å². The molecule has 0 bridgehead atoms. The van der Waals surface area contributed by atoms with Gasteiger partial charge in [-0.05, 0) is 42.8 Å². The number of amides is 1. The minimum atomic E-state index is -0.206. The lowest BCUT2D eigenvalue weighted by molar-refractivity contribution is 0.0950. The third-order valence-electron chi connectivity index (χ3n) is 4.05. The Kier molecular flexibility index (Phi) is 4.90. The van der Waals surface area contributed by atoms with Crippen LogP contribution in [0.1, 0.15) is 27.2 Å². The van der Waals surface area contributed by atoms with Gasteiger partial charge in [0.25, 0.3) is 5.91 Å². The average molecular weight is 343 g/mol. The highest BCUT2D eigenvalue weighted by atomic mass is 16.1. The summed E-state index contributed by atoms with van der Waals surface area (Å²) >= 11 is 0. The summed E-state index contributed by atoms with van der Waals surface area (Å²) in [7, 11) is 0. The van der Waals surface area contributed by atoms with Gasteiger partial charge in [0.15, 0.2) is 0 Å². The zero-order valence-corrected chi connectivity index (χ0v) is 14.2. The van der Waals surface area contributed by atoms with Gasteiger partial charge >= 0.3 is 0 Å². The Labute approximate surface area is 151 Å². The molecule has 1 amide bonds. The van der Waals surface area contributed by atoms with E-state index in [1.807, 2.05) is 25.1 Å². The molecule has 0 atom stereocenters. The zero-order valence-electron chi connectivity index (χ0n) is 14.2. The highest BCUT2D eigenvalue weighted by Crippen LogP contribution is 2.22. The van der Waals surface area contributed by atoms with Gasteiger partial charge in [0, 0.05) is 35.9 Å². The van der Waals surface area contributed by atoms with Crippen LogP contribution in [0.3, 0.4) is 0 Å². The summed E-state index contributed by atoms with van der Waals surface area (Å²) in [6.07, 6.45) is 3.24. The minimum absolute atomic E-state index is 0.206. The van der Waals surface area contributed by atoms with Crippen molar-refractivity contribution in [3.05, 3.63) is 77.2 Å². The molecule has 0 saturated carbocycles. The quantitative estimate of drug-likeness (QED) is 0.709. The largest absolute Gasteiger partial charge is 0.398 e. The van der Waals surface area contributed by atoms with Crippen LogP contribution in [0.5, 0.6) is 0 Å². The van der Waals surface area contributed by atoms with Gasteiger partial charge in [-0.1, -0.05) is 12.1 Å². The first-order valence-corrected chi connectivity index (χ1v) is 8.03. The Bertz CT molecular complexity index is 990. The van der Waals surface area contributed by atoms with E-state index in [-0.39, 0.29) is 5.91 Å². The molecule has 2 heterocycles. The van der Waals surface area contributed by atoms with Crippen molar-refractivity contribution in [3.63, 3.8) is 0 Å². The number of rotatable bonds is 4. The lowest BCUT2D eigenvalue weighted by Crippen LogP contribution is -2.23. The molecule has 0 fully saturated rings. The van der Waals surface area contributed by atoms with Crippen LogP contribution in [0.4, 0.5) is 5.69 Å². The van der Waals surface area contributed by atoms with Crippen LogP contribution in [0.25, 0.3) is 11.3 Å². The van der Waals surface area contributed by atoms with E-state index in [4.69, 9.17) is 11.0 Å². The normalized spacial score (nSPS) is 10.2. The van der Waals surface area contributed by atoms with Crippen molar-refractivity contribution in [1.82, 2.24) is 15.3 Å². The average Bonchev–Trinajstić information content (AvgIpc) is 2.67. The van der Waals surface area contributed by atoms with Crippen LogP contribution in [-0.2, 0) is 6.54 Å². The van der Waals surface area contributed by atoms with E-state index in [0.29, 0.717) is 29.1 Å². The molecule has 0 aliphatic heterocycles. The summed E-state index contributed by atoms with van der Waals surface area (Å²) in [6.45, 7) is 2.31. The molecule has 6 heteroatoms. The van der Waals surface area contributed by atoms with Crippen molar-refractivity contribution in [1.29, 1.82) is 5.26 Å². The Morgan fingerprint density at radius 2 is 2.08 bits per heavy atom. The number of nitrogens with one attached hydrogen (secondary N) is 1. The number of anilines is 1. The van der Waals surface area contributed by atoms with Crippen LogP contribution in [0.15, 0.2) is 54.9 Å². The molecule has 128 valence electrons. The number of aromatic nitrogens is 2. The van der Waals surface area contributed by atoms with Gasteiger partial charge in [0.05, 0.1) is 16.8 Å². The molecule has 0 unspecified atom stereocenters. The van der Waals surface area contributed by atoms with Crippen molar-refractivity contribution >= 4 is 11.6 Å². The maximum Gasteiger partial charge on any atom is 0.253 e. The molecule has 2 aromatic heterocycles. The number of carbonyl (C=O) groups is 1. The van der Waals surface area contributed by atoms with Gasteiger partial charge < -0.3 is 11.1 Å². The molecule has 26 heavy (non-hydrogen) atoms. The topological polar surface area (TPSA) is 105 Å². The maximum atomic E-state index is 12.3. The fraction of sp³-hybridized carbons (Fsp3) is 0.100. The molecule has 0 aliphatic carbocycles. The third kappa shape index (κ3) is 3.68. The van der Waals surface area contributed by atoms with E-state index in [2.05, 4.69) is 15.3 Å². The van der Waals surface area contributed by atoms with Gasteiger partial charge in [0.2, 0.25) is 0 Å². The summed E-state index contributed by atoms with van der Waals surface area (Å²) < 4.78 is 0. The van der Waals surface area contributed by atoms with E-state index in [0.717, 1.165) is 16.8 Å². The first kappa shape index (κ1) is 17.1. The fourth-order valence-corrected chi connectivity index (χ4v) is 2.49. The van der Waals surface area contributed by atoms with E-state index >= 15 is 0 Å². The van der Waals surface area contributed by atoms with Gasteiger partial charge in [-0.15, -0.1) is 0 Å². The summed E-state index contributed by atoms with van der Waals surface area (Å²) in [5.74, 6) is -0.206. The number of benzene rings is 1. The first-order valence-electron chi connectivity index (χ1n) is 8.03. The standard InChI is InChI=1S/C20H17N5O/c1-13-15(3-2-8-23-13)11-25-20(26)16-5-7-19(24-12-16)14-4-6-18(22)17(9-14)10-21/h2-9,12H,11,22H2,1H3,(H,25,26). The number of nitrogens with zero attached hydrogens (tertiary/aromatic N) is 3. The summed E-state index contributed by atoms with van der Waals surface area (Å²) in [5.41, 5.74) is 10.3. The van der Waals surface area contributed by atoms with Crippen LogP contribution >= 0.6 is 0 Å². The summed E-state index contributed by atoms with van der Waals surface area (Å²) in [5, 5.41) is 11.9. The molecular weight excluding hydrogens is 326 g/mol. The minimum Gasteiger partial charge on any atom is -0.398 e. The van der Waals surface area contributed by atoms with Gasteiger partial charge in [-0.2, -0.15) is 5.26 Å². The molecule has 0 spiro atoms. The number of nitrogen functional groups attached to an aromatic ring is 1. The Hall–Kier alpha value is -3.72. The van der Waals surface area contributed by atoms with Crippen LogP contribution < -0.4 is 11.1 Å². The van der Waals surface area contributed by atoms with Crippen molar-refractivity contribution < 1.29 is 4.79 Å². The lowest BCUT2D eigenvalue weighted by Gasteiger charge is -2.08. The molecule has 3 rings (SSSR count). The first-order chi connectivity index (χ1) is 12.6. The van der Waals surface area contributed by atoms with Crippen LogP contribution in [-0.4, -0.2) is 15.9 Å². The number of hydrogen-bond donors (Lipinski definition) is 2. The molecule has 3 N–H and O–H groups in total. The number of carbonyl (C=O) groups excluding carboxylic acids is 1. The molecule has 1 aromatic carbocycles. The number of nitriles is 1. The number of pyridine rings is 2. The van der Waals surface area contributed by atoms with Gasteiger partial charge in [-0.25, -0.2) is 0 Å². The second-order valence-corrected chi connectivity index (χ2v) is 5.78. The summed E-state index contributed by atoms with van der Waals surface area (Å²) in [4.78, 5) is 20.8. The number of aryl methyl sites for hydroxylation is 1. The lowest BCUT2D eigenvalue weighted by atomic mass is 10.1. The second kappa shape index (κ2) is 7.45. The molecule has 0 saturated heterocycles. The zero-order chi connectivity index (χ0) is 18.5. The van der Waals surface area contributed by atoms with Gasteiger partial charge in [0.1, 0.15) is 6.07 Å². The monoisotopic (exact) mass is 343 g/mol. The molecule has 0 radical (unpaired) electrons. The predicted octanol–water partition coefficient (Wildman–Crippen LogP) is 2.84. The highest BCUT2D eigenvalue weighted by molar-refractivity contribution is 5.94. The maximum absolute atomic E-state index is 12.3. The number of nitrogens with two attached hydrogens (primary N) is 1. The summed E-state index contributed by atoms with van der Waals surface area (Å²) in [6, 6.07) is 14.4. The fourth-order valence-electron chi connectivity index (χ4n) is 2.49. The Morgan fingerprint density at radius 3 is 2.77 bits per heavy atom. The predicted molar refractivity (Wildman–Crippen MR) is 98.9 cm³/mol.